The van der Waals surface area contributed by atoms with Crippen molar-refractivity contribution in [3.8, 4) is 0 Å². The zero-order valence-corrected chi connectivity index (χ0v) is 25.2. The van der Waals surface area contributed by atoms with Gasteiger partial charge in [0.2, 0.25) is 11.8 Å². The lowest BCUT2D eigenvalue weighted by atomic mass is 9.99. The van der Waals surface area contributed by atoms with E-state index in [2.05, 4.69) is 17.2 Å². The number of halogens is 1. The molecule has 0 fully saturated rings. The van der Waals surface area contributed by atoms with Gasteiger partial charge in [0.15, 0.2) is 0 Å². The number of anilines is 1. The van der Waals surface area contributed by atoms with Gasteiger partial charge in [-0.2, -0.15) is 0 Å². The molecule has 4 N–H and O–H groups in total. The molecule has 0 bridgehead atoms. The van der Waals surface area contributed by atoms with Crippen molar-refractivity contribution >= 4 is 47.2 Å². The van der Waals surface area contributed by atoms with Crippen LogP contribution in [0.1, 0.15) is 76.1 Å². The summed E-state index contributed by atoms with van der Waals surface area (Å²) in [6, 6.07) is 10.1. The van der Waals surface area contributed by atoms with Crippen LogP contribution < -0.4 is 16.4 Å². The molecule has 0 heterocycles. The molecular weight excluding hydrogens is 544 g/mol. The zero-order chi connectivity index (χ0) is 30.7. The van der Waals surface area contributed by atoms with E-state index in [0.29, 0.717) is 22.7 Å². The fourth-order valence-electron chi connectivity index (χ4n) is 4.20. The molecule has 0 radical (unpaired) electrons. The normalized spacial score (nSPS) is 12.5. The summed E-state index contributed by atoms with van der Waals surface area (Å²) in [7, 11) is 0. The molecule has 0 aliphatic carbocycles. The summed E-state index contributed by atoms with van der Waals surface area (Å²) in [4.78, 5) is 54.0. The van der Waals surface area contributed by atoms with Gasteiger partial charge in [-0.15, -0.1) is 0 Å². The molecule has 0 saturated heterocycles. The maximum Gasteiger partial charge on any atom is 0.408 e. The molecule has 2 aromatic carbocycles. The molecule has 0 aromatic heterocycles. The number of primary amides is 1. The first-order chi connectivity index (χ1) is 19.3. The molecule has 0 aliphatic heterocycles. The van der Waals surface area contributed by atoms with Crippen molar-refractivity contribution in [2.45, 2.75) is 78.0 Å². The van der Waals surface area contributed by atoms with Crippen molar-refractivity contribution in [3.05, 3.63) is 70.8 Å². The first kappa shape index (κ1) is 33.4. The predicted octanol–water partition coefficient (Wildman–Crippen LogP) is 5.76. The molecule has 2 unspecified atom stereocenters. The van der Waals surface area contributed by atoms with E-state index >= 15 is 0 Å². The largest absolute Gasteiger partial charge is 0.444 e. The minimum absolute atomic E-state index is 0.0688. The number of hydrogen-bond acceptors (Lipinski definition) is 5. The third kappa shape index (κ3) is 10.2. The fourth-order valence-corrected chi connectivity index (χ4v) is 4.47. The van der Waals surface area contributed by atoms with Crippen LogP contribution in [0, 0.1) is 6.92 Å². The molecule has 2 atom stereocenters. The summed E-state index contributed by atoms with van der Waals surface area (Å²) in [6.45, 7) is 12.9. The highest BCUT2D eigenvalue weighted by molar-refractivity contribution is 6.34. The van der Waals surface area contributed by atoms with Crippen LogP contribution in [0.4, 0.5) is 10.5 Å². The average molecular weight is 585 g/mol. The lowest BCUT2D eigenvalue weighted by molar-refractivity contribution is -0.141. The molecule has 4 amide bonds. The zero-order valence-electron chi connectivity index (χ0n) is 24.5. The first-order valence-corrected chi connectivity index (χ1v) is 14.0. The molecule has 0 aliphatic rings. The summed E-state index contributed by atoms with van der Waals surface area (Å²) in [5, 5.41) is 5.86. The van der Waals surface area contributed by atoms with Crippen LogP contribution in [0.25, 0.3) is 6.08 Å². The highest BCUT2D eigenvalue weighted by Crippen LogP contribution is 2.30. The van der Waals surface area contributed by atoms with Gasteiger partial charge in [0.05, 0.1) is 10.7 Å². The number of carbonyl (C=O) groups excluding carboxylic acids is 4. The number of carbonyl (C=O) groups is 4. The Morgan fingerprint density at radius 2 is 1.83 bits per heavy atom. The van der Waals surface area contributed by atoms with Crippen molar-refractivity contribution in [3.63, 3.8) is 0 Å². The van der Waals surface area contributed by atoms with E-state index < -0.39 is 41.5 Å². The van der Waals surface area contributed by atoms with Gasteiger partial charge < -0.3 is 26.0 Å². The van der Waals surface area contributed by atoms with Crippen LogP contribution in [0.15, 0.2) is 49.0 Å². The number of unbranched alkanes of at least 4 members (excludes halogenated alkanes) is 1. The molecule has 2 aromatic rings. The molecule has 2 rings (SSSR count). The lowest BCUT2D eigenvalue weighted by Crippen LogP contribution is -2.52. The molecule has 10 heteroatoms. The molecular formula is C31H41ClN4O5. The highest BCUT2D eigenvalue weighted by atomic mass is 35.5. The standard InChI is InChI=1S/C31H41ClN4O5/c1-7-9-18-36(29(39)24(16-17-25(33)37)34-30(40)41-31(4,5)6)27(22-14-11-13-21(8-2)19-22)28(38)35-26-20(3)12-10-15-23(26)32/h8,10-15,19,24,27H,2,7,9,16-18H2,1,3-6H3,(H2,33,37)(H,34,40)(H,35,38). The Balaban J connectivity index is 2.61. The Hall–Kier alpha value is -3.85. The Kier molecular flexibility index (Phi) is 12.4. The Morgan fingerprint density at radius 1 is 1.15 bits per heavy atom. The number of benzene rings is 2. The third-order valence-electron chi connectivity index (χ3n) is 6.20. The van der Waals surface area contributed by atoms with Gasteiger partial charge in [0, 0.05) is 13.0 Å². The van der Waals surface area contributed by atoms with Gasteiger partial charge in [0.25, 0.3) is 5.91 Å². The Bertz CT molecular complexity index is 1240. The molecule has 41 heavy (non-hydrogen) atoms. The highest BCUT2D eigenvalue weighted by Gasteiger charge is 2.36. The maximum absolute atomic E-state index is 14.2. The number of alkyl carbamates (subject to hydrolysis) is 1. The fraction of sp³-hybridized carbons (Fsp3) is 0.419. The topological polar surface area (TPSA) is 131 Å². The summed E-state index contributed by atoms with van der Waals surface area (Å²) in [5.74, 6) is -1.67. The van der Waals surface area contributed by atoms with Gasteiger partial charge in [0.1, 0.15) is 17.7 Å². The predicted molar refractivity (Wildman–Crippen MR) is 162 cm³/mol. The minimum Gasteiger partial charge on any atom is -0.444 e. The third-order valence-corrected chi connectivity index (χ3v) is 6.51. The van der Waals surface area contributed by atoms with E-state index in [9.17, 15) is 19.2 Å². The number of nitrogens with one attached hydrogen (secondary N) is 2. The number of aryl methyl sites for hydroxylation is 1. The summed E-state index contributed by atoms with van der Waals surface area (Å²) in [5.41, 5.74) is 7.05. The maximum atomic E-state index is 14.2. The summed E-state index contributed by atoms with van der Waals surface area (Å²) < 4.78 is 5.37. The van der Waals surface area contributed by atoms with Gasteiger partial charge >= 0.3 is 6.09 Å². The SMILES string of the molecule is C=Cc1cccc(C(C(=O)Nc2c(C)cccc2Cl)N(CCCC)C(=O)C(CCC(N)=O)NC(=O)OC(C)(C)C)c1. The first-order valence-electron chi connectivity index (χ1n) is 13.6. The average Bonchev–Trinajstić information content (AvgIpc) is 2.89. The number of amides is 4. The van der Waals surface area contributed by atoms with Crippen molar-refractivity contribution in [1.82, 2.24) is 10.2 Å². The molecule has 9 nitrogen and oxygen atoms in total. The van der Waals surface area contributed by atoms with Gasteiger partial charge in [-0.3, -0.25) is 14.4 Å². The number of nitrogens with two attached hydrogens (primary N) is 1. The Morgan fingerprint density at radius 3 is 2.41 bits per heavy atom. The molecule has 0 saturated carbocycles. The van der Waals surface area contributed by atoms with E-state index in [1.165, 1.54) is 4.90 Å². The quantitative estimate of drug-likeness (QED) is 0.275. The van der Waals surface area contributed by atoms with E-state index in [4.69, 9.17) is 22.1 Å². The van der Waals surface area contributed by atoms with Gasteiger partial charge in [-0.25, -0.2) is 4.79 Å². The molecule has 0 spiro atoms. The second kappa shape index (κ2) is 15.2. The summed E-state index contributed by atoms with van der Waals surface area (Å²) >= 11 is 6.42. The van der Waals surface area contributed by atoms with E-state index in [-0.39, 0.29) is 19.4 Å². The molecule has 222 valence electrons. The number of rotatable bonds is 13. The van der Waals surface area contributed by atoms with E-state index in [1.807, 2.05) is 26.0 Å². The van der Waals surface area contributed by atoms with Crippen molar-refractivity contribution in [2.75, 3.05) is 11.9 Å². The number of hydrogen-bond donors (Lipinski definition) is 3. The second-order valence-electron chi connectivity index (χ2n) is 10.8. The monoisotopic (exact) mass is 584 g/mol. The van der Waals surface area contributed by atoms with Gasteiger partial charge in [-0.05, 0) is 69.4 Å². The van der Waals surface area contributed by atoms with Gasteiger partial charge in [-0.1, -0.05) is 67.9 Å². The summed E-state index contributed by atoms with van der Waals surface area (Å²) in [6.07, 6.45) is 1.92. The van der Waals surface area contributed by atoms with E-state index in [1.54, 1.807) is 57.2 Å². The second-order valence-corrected chi connectivity index (χ2v) is 11.2. The van der Waals surface area contributed by atoms with Crippen LogP contribution >= 0.6 is 11.6 Å². The Labute approximate surface area is 247 Å². The number of para-hydroxylation sites is 1. The number of nitrogens with zero attached hydrogens (tertiary/aromatic N) is 1. The van der Waals surface area contributed by atoms with Crippen LogP contribution in [-0.4, -0.2) is 46.9 Å². The van der Waals surface area contributed by atoms with Crippen molar-refractivity contribution in [2.24, 2.45) is 5.73 Å². The van der Waals surface area contributed by atoms with Crippen molar-refractivity contribution < 1.29 is 23.9 Å². The lowest BCUT2D eigenvalue weighted by Gasteiger charge is -2.35. The van der Waals surface area contributed by atoms with Crippen LogP contribution in [0.2, 0.25) is 5.02 Å². The van der Waals surface area contributed by atoms with Crippen LogP contribution in [-0.2, 0) is 19.1 Å². The minimum atomic E-state index is -1.17. The number of ether oxygens (including phenoxy) is 1. The van der Waals surface area contributed by atoms with Crippen LogP contribution in [0.5, 0.6) is 0 Å². The van der Waals surface area contributed by atoms with Crippen LogP contribution in [0.3, 0.4) is 0 Å². The van der Waals surface area contributed by atoms with Crippen molar-refractivity contribution in [1.29, 1.82) is 0 Å². The smallest absolute Gasteiger partial charge is 0.408 e. The van der Waals surface area contributed by atoms with E-state index in [0.717, 1.165) is 17.5 Å².